The van der Waals surface area contributed by atoms with Crippen LogP contribution in [0.4, 0.5) is 8.78 Å². The van der Waals surface area contributed by atoms with Crippen LogP contribution in [-0.2, 0) is 23.0 Å². The number of aliphatic hydroxyl groups excluding tert-OH is 1. The topological polar surface area (TPSA) is 115 Å². The van der Waals surface area contributed by atoms with Crippen LogP contribution in [0.5, 0.6) is 11.5 Å². The van der Waals surface area contributed by atoms with Gasteiger partial charge in [0, 0.05) is 42.6 Å². The number of esters is 1. The maximum atomic E-state index is 15.1. The second-order valence-electron chi connectivity index (χ2n) is 12.5. The van der Waals surface area contributed by atoms with Gasteiger partial charge in [0.05, 0.1) is 29.6 Å². The zero-order valence-electron chi connectivity index (χ0n) is 27.9. The lowest BCUT2D eigenvalue weighted by molar-refractivity contribution is -0.142. The highest BCUT2D eigenvalue weighted by atomic mass is 79.9. The molecule has 0 radical (unpaired) electrons. The number of ether oxygens (including phenoxy) is 2. The first-order chi connectivity index (χ1) is 23.5. The quantitative estimate of drug-likeness (QED) is 0.0587. The van der Waals surface area contributed by atoms with Gasteiger partial charge in [-0.2, -0.15) is 21.3 Å². The number of benzene rings is 2. The van der Waals surface area contributed by atoms with Crippen LogP contribution in [0.15, 0.2) is 59.3 Å². The van der Waals surface area contributed by atoms with E-state index in [4.69, 9.17) is 19.6 Å². The first kappa shape index (κ1) is 36.5. The van der Waals surface area contributed by atoms with Crippen molar-refractivity contribution in [2.45, 2.75) is 52.4 Å². The number of aromatic nitrogens is 5. The Balaban J connectivity index is 1.44. The Kier molecular flexibility index (Phi) is 12.1. The number of aromatic amines is 1. The summed E-state index contributed by atoms with van der Waals surface area (Å²) < 4.78 is 42.8. The number of nitrogens with one attached hydrogen (secondary N) is 1. The Hall–Kier alpha value is -3.81. The number of fused-ring (bicyclic) bond motifs is 1. The van der Waals surface area contributed by atoms with Gasteiger partial charge in [0.1, 0.15) is 11.4 Å². The molecule has 0 saturated carbocycles. The van der Waals surface area contributed by atoms with E-state index in [-0.39, 0.29) is 51.8 Å². The van der Waals surface area contributed by atoms with Gasteiger partial charge in [-0.1, -0.05) is 44.5 Å². The number of H-pyrrole nitrogens is 1. The SMILES string of the molecule is CCOC(=O)Cc1cccc(C(CCCC(C)(C)CSCCO)c2nc(-c3cc(Oc4c(F)c(F)c5[nH]ccc5c4Br)ccn3)n(C)n2)c1. The first-order valence-electron chi connectivity index (χ1n) is 16.1. The molecule has 2 N–H and O–H groups in total. The number of hydrogen-bond donors (Lipinski definition) is 2. The van der Waals surface area contributed by atoms with Gasteiger partial charge in [-0.05, 0) is 70.1 Å². The molecular formula is C36H40BrF2N5O4S. The minimum Gasteiger partial charge on any atom is -0.466 e. The molecule has 5 rings (SSSR count). The molecule has 0 amide bonds. The van der Waals surface area contributed by atoms with E-state index in [2.05, 4.69) is 39.7 Å². The molecule has 0 saturated heterocycles. The molecule has 0 bridgehead atoms. The minimum absolute atomic E-state index is 0.0453. The van der Waals surface area contributed by atoms with Crippen LogP contribution in [0.1, 0.15) is 62.9 Å². The third-order valence-electron chi connectivity index (χ3n) is 8.15. The average Bonchev–Trinajstić information content (AvgIpc) is 3.72. The van der Waals surface area contributed by atoms with Crippen LogP contribution in [-0.4, -0.2) is 60.5 Å². The van der Waals surface area contributed by atoms with Crippen molar-refractivity contribution in [2.75, 3.05) is 24.7 Å². The highest BCUT2D eigenvalue weighted by molar-refractivity contribution is 9.10. The Morgan fingerprint density at radius 1 is 1.18 bits per heavy atom. The number of pyridine rings is 1. The van der Waals surface area contributed by atoms with Gasteiger partial charge >= 0.3 is 5.97 Å². The molecule has 0 aliphatic rings. The van der Waals surface area contributed by atoms with Crippen molar-refractivity contribution in [3.05, 3.63) is 87.9 Å². The molecule has 0 spiro atoms. The number of aliphatic hydroxyl groups is 1. The van der Waals surface area contributed by atoms with Crippen molar-refractivity contribution < 1.29 is 28.2 Å². The summed E-state index contributed by atoms with van der Waals surface area (Å²) in [6.07, 6.45) is 5.84. The lowest BCUT2D eigenvalue weighted by Crippen LogP contribution is -2.16. The zero-order valence-corrected chi connectivity index (χ0v) is 30.3. The van der Waals surface area contributed by atoms with Gasteiger partial charge in [0.15, 0.2) is 23.2 Å². The Morgan fingerprint density at radius 3 is 2.78 bits per heavy atom. The second-order valence-corrected chi connectivity index (χ2v) is 14.4. The maximum Gasteiger partial charge on any atom is 0.310 e. The predicted octanol–water partition coefficient (Wildman–Crippen LogP) is 8.35. The molecule has 2 aromatic carbocycles. The molecule has 3 aromatic heterocycles. The molecule has 3 heterocycles. The summed E-state index contributed by atoms with van der Waals surface area (Å²) in [5.74, 6) is 0.0750. The van der Waals surface area contributed by atoms with E-state index in [1.54, 1.807) is 48.6 Å². The summed E-state index contributed by atoms with van der Waals surface area (Å²) in [4.78, 5) is 24.4. The molecule has 0 aliphatic carbocycles. The van der Waals surface area contributed by atoms with Crippen LogP contribution >= 0.6 is 27.7 Å². The van der Waals surface area contributed by atoms with Crippen molar-refractivity contribution in [1.29, 1.82) is 0 Å². The smallest absolute Gasteiger partial charge is 0.310 e. The predicted molar refractivity (Wildman–Crippen MR) is 191 cm³/mol. The Labute approximate surface area is 297 Å². The van der Waals surface area contributed by atoms with Crippen LogP contribution in [0.3, 0.4) is 0 Å². The van der Waals surface area contributed by atoms with Crippen molar-refractivity contribution in [3.8, 4) is 23.0 Å². The number of nitrogens with zero attached hydrogens (tertiary/aromatic N) is 4. The minimum atomic E-state index is -1.12. The Bertz CT molecular complexity index is 1910. The second kappa shape index (κ2) is 16.3. The van der Waals surface area contributed by atoms with Crippen molar-refractivity contribution in [1.82, 2.24) is 24.7 Å². The molecule has 0 aliphatic heterocycles. The molecule has 9 nitrogen and oxygen atoms in total. The largest absolute Gasteiger partial charge is 0.466 e. The molecular weight excluding hydrogens is 716 g/mol. The number of carbonyl (C=O) groups is 1. The van der Waals surface area contributed by atoms with Crippen molar-refractivity contribution in [2.24, 2.45) is 12.5 Å². The van der Waals surface area contributed by atoms with Crippen molar-refractivity contribution >= 4 is 44.6 Å². The van der Waals surface area contributed by atoms with Crippen LogP contribution in [0.25, 0.3) is 22.4 Å². The summed E-state index contributed by atoms with van der Waals surface area (Å²) in [7, 11) is 1.78. The molecule has 13 heteroatoms. The lowest BCUT2D eigenvalue weighted by Gasteiger charge is -2.25. The monoisotopic (exact) mass is 755 g/mol. The van der Waals surface area contributed by atoms with E-state index < -0.39 is 11.6 Å². The van der Waals surface area contributed by atoms with Gasteiger partial charge in [0.2, 0.25) is 5.82 Å². The van der Waals surface area contributed by atoms with Gasteiger partial charge in [-0.15, -0.1) is 0 Å². The summed E-state index contributed by atoms with van der Waals surface area (Å²) in [5.41, 5.74) is 2.39. The zero-order chi connectivity index (χ0) is 35.1. The van der Waals surface area contributed by atoms with E-state index in [0.717, 1.165) is 36.1 Å². The van der Waals surface area contributed by atoms with E-state index in [1.165, 1.54) is 12.4 Å². The Morgan fingerprint density at radius 2 is 2.00 bits per heavy atom. The van der Waals surface area contributed by atoms with Crippen LogP contribution < -0.4 is 4.74 Å². The fourth-order valence-electron chi connectivity index (χ4n) is 5.75. The average molecular weight is 757 g/mol. The van der Waals surface area contributed by atoms with Crippen molar-refractivity contribution in [3.63, 3.8) is 0 Å². The van der Waals surface area contributed by atoms with Crippen LogP contribution in [0, 0.1) is 17.0 Å². The number of rotatable bonds is 16. The normalized spacial score (nSPS) is 12.4. The van der Waals surface area contributed by atoms with E-state index in [1.807, 2.05) is 24.3 Å². The summed E-state index contributed by atoms with van der Waals surface area (Å²) >= 11 is 5.11. The summed E-state index contributed by atoms with van der Waals surface area (Å²) in [6.45, 7) is 6.74. The number of aryl methyl sites for hydroxylation is 1. The molecule has 1 unspecified atom stereocenters. The number of halogens is 3. The number of carbonyl (C=O) groups excluding carboxylic acids is 1. The van der Waals surface area contributed by atoms with Gasteiger partial charge in [-0.25, -0.2) is 14.1 Å². The molecule has 49 heavy (non-hydrogen) atoms. The highest BCUT2D eigenvalue weighted by Crippen LogP contribution is 2.40. The van der Waals surface area contributed by atoms with E-state index >= 15 is 4.39 Å². The van der Waals surface area contributed by atoms with Gasteiger partial charge in [-0.3, -0.25) is 9.78 Å². The molecule has 1 atom stereocenters. The molecule has 5 aromatic rings. The molecule has 260 valence electrons. The first-order valence-corrected chi connectivity index (χ1v) is 18.1. The number of thioether (sulfide) groups is 1. The lowest BCUT2D eigenvalue weighted by atomic mass is 9.85. The molecule has 0 fully saturated rings. The van der Waals surface area contributed by atoms with E-state index in [9.17, 15) is 14.3 Å². The number of hydrogen-bond acceptors (Lipinski definition) is 8. The maximum absolute atomic E-state index is 15.1. The fraction of sp³-hybridized carbons (Fsp3) is 0.389. The van der Waals surface area contributed by atoms with Gasteiger partial charge in [0.25, 0.3) is 0 Å². The van der Waals surface area contributed by atoms with E-state index in [0.29, 0.717) is 35.1 Å². The van der Waals surface area contributed by atoms with Crippen LogP contribution in [0.2, 0.25) is 0 Å². The standard InChI is InChI=1S/C36H40BrF2N5O4S/c1-5-47-28(46)19-22-8-6-9-23(18-22)25(10-7-13-36(2,3)21-49-17-16-45)34-42-35(44(4)43-34)27-20-24(11-14-40-27)48-33-29(37)26-12-15-41-32(26)30(38)31(33)39/h6,8-9,11-12,14-15,18,20,25,41,45H,5,7,10,13,16-17,19,21H2,1-4H3. The summed E-state index contributed by atoms with van der Waals surface area (Å²) in [5, 5.41) is 14.5. The third-order valence-corrected chi connectivity index (χ3v) is 10.4. The summed E-state index contributed by atoms with van der Waals surface area (Å²) in [6, 6.07) is 12.7. The third kappa shape index (κ3) is 8.87. The van der Waals surface area contributed by atoms with Gasteiger partial charge < -0.3 is 19.6 Å². The fourth-order valence-corrected chi connectivity index (χ4v) is 7.31. The highest BCUT2D eigenvalue weighted by Gasteiger charge is 2.26.